The van der Waals surface area contributed by atoms with E-state index in [1.165, 1.54) is 12.1 Å². The number of rotatable bonds is 5. The van der Waals surface area contributed by atoms with Crippen molar-refractivity contribution in [2.45, 2.75) is 38.8 Å². The summed E-state index contributed by atoms with van der Waals surface area (Å²) in [5.41, 5.74) is -1.94. The summed E-state index contributed by atoms with van der Waals surface area (Å²) < 4.78 is 14.2. The third-order valence-corrected chi connectivity index (χ3v) is 3.36. The Kier molecular flexibility index (Phi) is 4.06. The van der Waals surface area contributed by atoms with Crippen LogP contribution in [0.1, 0.15) is 53.8 Å². The summed E-state index contributed by atoms with van der Waals surface area (Å²) in [6.45, 7) is 2.95. The molecule has 1 aromatic carbocycles. The maximum atomic E-state index is 14.2. The molecule has 2 rings (SSSR count). The Morgan fingerprint density at radius 2 is 1.76 bits per heavy atom. The summed E-state index contributed by atoms with van der Waals surface area (Å²) in [6, 6.07) is 6.09. The van der Waals surface area contributed by atoms with Gasteiger partial charge in [0.1, 0.15) is 0 Å². The standard InChI is InChI=1S/C15H16FNO4/c1-3-4-9-15(2,16)14(20)21-17-12(18)10-7-5-6-8-11(10)13(17)19/h5-8H,3-4,9H2,1-2H3. The molecule has 0 aromatic heterocycles. The number of benzene rings is 1. The van der Waals surface area contributed by atoms with Crippen LogP contribution < -0.4 is 0 Å². The number of hydroxylamine groups is 2. The Morgan fingerprint density at radius 1 is 1.24 bits per heavy atom. The van der Waals surface area contributed by atoms with Crippen LogP contribution in [0.5, 0.6) is 0 Å². The number of amides is 2. The predicted molar refractivity (Wildman–Crippen MR) is 72.1 cm³/mol. The summed E-state index contributed by atoms with van der Waals surface area (Å²) in [4.78, 5) is 40.5. The molecule has 0 spiro atoms. The van der Waals surface area contributed by atoms with E-state index in [1.807, 2.05) is 6.92 Å². The zero-order valence-corrected chi connectivity index (χ0v) is 11.9. The molecule has 0 N–H and O–H groups in total. The zero-order chi connectivity index (χ0) is 15.6. The fourth-order valence-corrected chi connectivity index (χ4v) is 2.04. The number of hydrogen-bond acceptors (Lipinski definition) is 4. The predicted octanol–water partition coefficient (Wildman–Crippen LogP) is 2.66. The maximum absolute atomic E-state index is 14.2. The van der Waals surface area contributed by atoms with Gasteiger partial charge in [-0.2, -0.15) is 0 Å². The molecule has 0 fully saturated rings. The highest BCUT2D eigenvalue weighted by Gasteiger charge is 2.43. The second kappa shape index (κ2) is 5.63. The van der Waals surface area contributed by atoms with Crippen molar-refractivity contribution in [3.05, 3.63) is 35.4 Å². The van der Waals surface area contributed by atoms with E-state index in [0.717, 1.165) is 13.3 Å². The Hall–Kier alpha value is -2.24. The molecule has 5 nitrogen and oxygen atoms in total. The number of alkyl halides is 1. The number of fused-ring (bicyclic) bond motifs is 1. The minimum Gasteiger partial charge on any atom is -0.326 e. The molecule has 0 radical (unpaired) electrons. The average molecular weight is 293 g/mol. The summed E-state index contributed by atoms with van der Waals surface area (Å²) in [7, 11) is 0. The third kappa shape index (κ3) is 2.79. The SMILES string of the molecule is CCCCC(C)(F)C(=O)ON1C(=O)c2ccccc2C1=O. The van der Waals surface area contributed by atoms with Crippen molar-refractivity contribution in [3.8, 4) is 0 Å². The van der Waals surface area contributed by atoms with Crippen molar-refractivity contribution in [3.63, 3.8) is 0 Å². The van der Waals surface area contributed by atoms with Gasteiger partial charge < -0.3 is 4.84 Å². The molecule has 6 heteroatoms. The number of hydrogen-bond donors (Lipinski definition) is 0. The van der Waals surface area contributed by atoms with Gasteiger partial charge in [-0.1, -0.05) is 30.5 Å². The monoisotopic (exact) mass is 293 g/mol. The van der Waals surface area contributed by atoms with Crippen LogP contribution in [0.15, 0.2) is 24.3 Å². The van der Waals surface area contributed by atoms with Crippen molar-refractivity contribution in [2.24, 2.45) is 0 Å². The second-order valence-corrected chi connectivity index (χ2v) is 5.13. The maximum Gasteiger partial charge on any atom is 0.369 e. The molecule has 0 aliphatic carbocycles. The van der Waals surface area contributed by atoms with Gasteiger partial charge in [0.05, 0.1) is 11.1 Å². The van der Waals surface area contributed by atoms with Crippen LogP contribution in [-0.4, -0.2) is 28.5 Å². The summed E-state index contributed by atoms with van der Waals surface area (Å²) >= 11 is 0. The number of nitrogens with zero attached hydrogens (tertiary/aromatic N) is 1. The summed E-state index contributed by atoms with van der Waals surface area (Å²) in [5.74, 6) is -2.74. The lowest BCUT2D eigenvalue weighted by Gasteiger charge is -2.20. The van der Waals surface area contributed by atoms with Gasteiger partial charge >= 0.3 is 5.97 Å². The minimum atomic E-state index is -2.23. The van der Waals surface area contributed by atoms with Gasteiger partial charge in [0.25, 0.3) is 11.8 Å². The Balaban J connectivity index is 2.13. The van der Waals surface area contributed by atoms with Crippen LogP contribution in [-0.2, 0) is 9.63 Å². The van der Waals surface area contributed by atoms with E-state index >= 15 is 0 Å². The van der Waals surface area contributed by atoms with Crippen LogP contribution in [0.4, 0.5) is 4.39 Å². The van der Waals surface area contributed by atoms with Gasteiger partial charge in [-0.3, -0.25) is 9.59 Å². The van der Waals surface area contributed by atoms with Crippen molar-refractivity contribution in [2.75, 3.05) is 0 Å². The minimum absolute atomic E-state index is 0.0223. The van der Waals surface area contributed by atoms with Gasteiger partial charge in [-0.15, -0.1) is 0 Å². The second-order valence-electron chi connectivity index (χ2n) is 5.13. The molecule has 112 valence electrons. The molecule has 1 aliphatic rings. The van der Waals surface area contributed by atoms with Gasteiger partial charge in [-0.05, 0) is 31.9 Å². The molecule has 0 bridgehead atoms. The largest absolute Gasteiger partial charge is 0.369 e. The Labute approximate surface area is 121 Å². The molecular formula is C15H16FNO4. The van der Waals surface area contributed by atoms with Crippen LogP contribution in [0.3, 0.4) is 0 Å². The van der Waals surface area contributed by atoms with E-state index < -0.39 is 23.5 Å². The smallest absolute Gasteiger partial charge is 0.326 e. The molecule has 1 atom stereocenters. The zero-order valence-electron chi connectivity index (χ0n) is 11.9. The Morgan fingerprint density at radius 3 is 2.24 bits per heavy atom. The molecule has 1 unspecified atom stereocenters. The molecule has 21 heavy (non-hydrogen) atoms. The number of imide groups is 1. The lowest BCUT2D eigenvalue weighted by atomic mass is 10.0. The molecule has 1 aliphatic heterocycles. The van der Waals surface area contributed by atoms with Crippen LogP contribution in [0.2, 0.25) is 0 Å². The Bertz CT molecular complexity index is 562. The fraction of sp³-hybridized carbons (Fsp3) is 0.400. The topological polar surface area (TPSA) is 63.7 Å². The molecule has 2 amide bonds. The first-order chi connectivity index (χ1) is 9.88. The average Bonchev–Trinajstić information content (AvgIpc) is 2.71. The third-order valence-electron chi connectivity index (χ3n) is 3.36. The number of carbonyl (C=O) groups excluding carboxylic acids is 3. The fourth-order valence-electron chi connectivity index (χ4n) is 2.04. The van der Waals surface area contributed by atoms with Gasteiger partial charge in [0.2, 0.25) is 5.67 Å². The number of carbonyl (C=O) groups is 3. The van der Waals surface area contributed by atoms with Gasteiger partial charge in [0.15, 0.2) is 0 Å². The number of halogens is 1. The molecule has 0 saturated heterocycles. The quantitative estimate of drug-likeness (QED) is 0.783. The van der Waals surface area contributed by atoms with Crippen molar-refractivity contribution in [1.82, 2.24) is 5.06 Å². The van der Waals surface area contributed by atoms with Gasteiger partial charge in [0, 0.05) is 0 Å². The lowest BCUT2D eigenvalue weighted by molar-refractivity contribution is -0.182. The van der Waals surface area contributed by atoms with Crippen LogP contribution >= 0.6 is 0 Å². The van der Waals surface area contributed by atoms with E-state index in [9.17, 15) is 18.8 Å². The van der Waals surface area contributed by atoms with E-state index in [4.69, 9.17) is 4.84 Å². The van der Waals surface area contributed by atoms with Crippen LogP contribution in [0, 0.1) is 0 Å². The van der Waals surface area contributed by atoms with Crippen LogP contribution in [0.25, 0.3) is 0 Å². The van der Waals surface area contributed by atoms with E-state index in [0.29, 0.717) is 11.5 Å². The first kappa shape index (κ1) is 15.2. The lowest BCUT2D eigenvalue weighted by Crippen LogP contribution is -2.40. The highest BCUT2D eigenvalue weighted by atomic mass is 19.1. The van der Waals surface area contributed by atoms with Crippen molar-refractivity contribution >= 4 is 17.8 Å². The molecule has 0 saturated carbocycles. The van der Waals surface area contributed by atoms with Crippen molar-refractivity contribution < 1.29 is 23.6 Å². The highest BCUT2D eigenvalue weighted by Crippen LogP contribution is 2.26. The molecular weight excluding hydrogens is 277 g/mol. The summed E-state index contributed by atoms with van der Waals surface area (Å²) in [5, 5.41) is 0.330. The first-order valence-electron chi connectivity index (χ1n) is 6.77. The summed E-state index contributed by atoms with van der Waals surface area (Å²) in [6.07, 6.45) is 1.20. The first-order valence-corrected chi connectivity index (χ1v) is 6.77. The molecule has 1 heterocycles. The van der Waals surface area contributed by atoms with E-state index in [1.54, 1.807) is 12.1 Å². The highest BCUT2D eigenvalue weighted by molar-refractivity contribution is 6.20. The number of unbranched alkanes of at least 4 members (excludes halogenated alkanes) is 1. The van der Waals surface area contributed by atoms with Gasteiger partial charge in [-0.25, -0.2) is 9.18 Å². The molecule has 1 aromatic rings. The van der Waals surface area contributed by atoms with E-state index in [2.05, 4.69) is 0 Å². The normalized spacial score (nSPS) is 16.6. The van der Waals surface area contributed by atoms with Crippen molar-refractivity contribution in [1.29, 1.82) is 0 Å². The van der Waals surface area contributed by atoms with E-state index in [-0.39, 0.29) is 17.5 Å².